The molecule has 0 saturated heterocycles. The van der Waals surface area contributed by atoms with Gasteiger partial charge in [0.2, 0.25) is 5.56 Å². The topological polar surface area (TPSA) is 134 Å². The quantitative estimate of drug-likeness (QED) is 0.305. The smallest absolute Gasteiger partial charge is 0.254 e. The first kappa shape index (κ1) is 25.9. The molecule has 39 heavy (non-hydrogen) atoms. The summed E-state index contributed by atoms with van der Waals surface area (Å²) in [5.74, 6) is -0.489. The third kappa shape index (κ3) is 5.58. The molecular weight excluding hydrogens is 492 g/mol. The fraction of sp³-hybridized carbons (Fsp3) is 0.200. The summed E-state index contributed by atoms with van der Waals surface area (Å²) in [6.07, 6.45) is 0. The summed E-state index contributed by atoms with van der Waals surface area (Å²) in [6.45, 7) is 7.20. The molecule has 0 aliphatic carbocycles. The minimum atomic E-state index is -1.12. The second-order valence-electron chi connectivity index (χ2n) is 9.93. The third-order valence-corrected chi connectivity index (χ3v) is 6.18. The highest BCUT2D eigenvalue weighted by Crippen LogP contribution is 2.31. The van der Waals surface area contributed by atoms with Gasteiger partial charge in [-0.3, -0.25) is 19.6 Å². The van der Waals surface area contributed by atoms with Crippen molar-refractivity contribution < 1.29 is 9.90 Å². The number of nitrogens with one attached hydrogen (secondary N) is 2. The summed E-state index contributed by atoms with van der Waals surface area (Å²) in [5.41, 5.74) is 4.48. The molecule has 1 aromatic carbocycles. The Morgan fingerprint density at radius 1 is 0.872 bits per heavy atom. The lowest BCUT2D eigenvalue weighted by atomic mass is 10.0. The van der Waals surface area contributed by atoms with Crippen molar-refractivity contribution in [1.82, 2.24) is 30.2 Å². The molecule has 3 N–H and O–H groups in total. The molecular formula is C30H28N6O3. The summed E-state index contributed by atoms with van der Waals surface area (Å²) >= 11 is 0. The highest BCUT2D eigenvalue weighted by molar-refractivity contribution is 6.04. The number of nitrogens with zero attached hydrogens (tertiary/aromatic N) is 4. The van der Waals surface area contributed by atoms with Gasteiger partial charge in [0.15, 0.2) is 5.65 Å². The minimum Gasteiger partial charge on any atom is -0.384 e. The molecule has 0 bridgehead atoms. The van der Waals surface area contributed by atoms with Crippen LogP contribution in [0.3, 0.4) is 0 Å². The number of carbonyl (C=O) groups is 1. The molecule has 9 heteroatoms. The molecule has 4 aromatic heterocycles. The Morgan fingerprint density at radius 2 is 1.56 bits per heavy atom. The van der Waals surface area contributed by atoms with Crippen molar-refractivity contribution in [2.75, 3.05) is 0 Å². The average Bonchev–Trinajstić information content (AvgIpc) is 2.90. The van der Waals surface area contributed by atoms with Gasteiger partial charge in [0.05, 0.1) is 34.9 Å². The molecule has 0 fully saturated rings. The summed E-state index contributed by atoms with van der Waals surface area (Å²) in [4.78, 5) is 47.3. The first-order valence-electron chi connectivity index (χ1n) is 12.5. The maximum atomic E-state index is 13.4. The van der Waals surface area contributed by atoms with Gasteiger partial charge in [0.1, 0.15) is 11.1 Å². The van der Waals surface area contributed by atoms with E-state index in [9.17, 15) is 14.7 Å². The van der Waals surface area contributed by atoms with Gasteiger partial charge in [-0.05, 0) is 52.0 Å². The van der Waals surface area contributed by atoms with E-state index in [1.165, 1.54) is 6.07 Å². The van der Waals surface area contributed by atoms with Crippen molar-refractivity contribution in [3.63, 3.8) is 0 Å². The second kappa shape index (κ2) is 10.2. The molecule has 0 aliphatic rings. The summed E-state index contributed by atoms with van der Waals surface area (Å²) in [5, 5.41) is 13.1. The van der Waals surface area contributed by atoms with Crippen LogP contribution in [-0.4, -0.2) is 35.9 Å². The van der Waals surface area contributed by atoms with Gasteiger partial charge < -0.3 is 15.4 Å². The molecule has 196 valence electrons. The van der Waals surface area contributed by atoms with Gasteiger partial charge in [-0.25, -0.2) is 9.97 Å². The maximum absolute atomic E-state index is 13.4. The van der Waals surface area contributed by atoms with Crippen LogP contribution in [0, 0.1) is 13.8 Å². The lowest BCUT2D eigenvalue weighted by molar-refractivity contribution is 0.0736. The number of pyridine rings is 3. The van der Waals surface area contributed by atoms with Gasteiger partial charge >= 0.3 is 0 Å². The molecule has 5 rings (SSSR count). The molecule has 0 atom stereocenters. The van der Waals surface area contributed by atoms with Crippen LogP contribution in [0.1, 0.15) is 47.0 Å². The number of fused-ring (bicyclic) bond motifs is 1. The molecule has 5 aromatic rings. The number of aromatic nitrogens is 5. The number of H-pyrrole nitrogens is 1. The number of benzene rings is 1. The van der Waals surface area contributed by atoms with Crippen LogP contribution in [0.15, 0.2) is 71.5 Å². The number of aliphatic hydroxyl groups is 1. The largest absolute Gasteiger partial charge is 0.384 e. The zero-order valence-electron chi connectivity index (χ0n) is 22.1. The Labute approximate surface area is 225 Å². The zero-order chi connectivity index (χ0) is 27.7. The predicted molar refractivity (Wildman–Crippen MR) is 149 cm³/mol. The monoisotopic (exact) mass is 520 g/mol. The Balaban J connectivity index is 1.61. The second-order valence-corrected chi connectivity index (χ2v) is 9.93. The van der Waals surface area contributed by atoms with Crippen LogP contribution in [0.5, 0.6) is 0 Å². The van der Waals surface area contributed by atoms with E-state index in [0.29, 0.717) is 22.8 Å². The first-order valence-corrected chi connectivity index (χ1v) is 12.5. The Bertz CT molecular complexity index is 1740. The third-order valence-electron chi connectivity index (χ3n) is 6.18. The van der Waals surface area contributed by atoms with Crippen molar-refractivity contribution in [3.05, 3.63) is 105 Å². The van der Waals surface area contributed by atoms with Gasteiger partial charge in [0.25, 0.3) is 5.91 Å². The van der Waals surface area contributed by atoms with Crippen molar-refractivity contribution in [2.45, 2.75) is 39.8 Å². The van der Waals surface area contributed by atoms with Crippen LogP contribution >= 0.6 is 0 Å². The van der Waals surface area contributed by atoms with Crippen molar-refractivity contribution in [1.29, 1.82) is 0 Å². The highest BCUT2D eigenvalue weighted by Gasteiger charge is 2.21. The van der Waals surface area contributed by atoms with Crippen LogP contribution in [-0.2, 0) is 12.1 Å². The van der Waals surface area contributed by atoms with E-state index in [2.05, 4.69) is 20.3 Å². The molecule has 0 radical (unpaired) electrons. The SMILES string of the molecule is Cc1cc(-c2nc3c(C(=O)NCc4cccc(C(C)(C)O)n4)cc(=O)[nH]c3nc2-c2ccccc2)cc(C)n1. The van der Waals surface area contributed by atoms with Crippen LogP contribution in [0.2, 0.25) is 0 Å². The zero-order valence-corrected chi connectivity index (χ0v) is 22.1. The van der Waals surface area contributed by atoms with E-state index in [0.717, 1.165) is 22.5 Å². The Morgan fingerprint density at radius 3 is 2.26 bits per heavy atom. The fourth-order valence-electron chi connectivity index (χ4n) is 4.39. The highest BCUT2D eigenvalue weighted by atomic mass is 16.3. The Hall–Kier alpha value is -4.76. The normalized spacial score (nSPS) is 11.5. The predicted octanol–water partition coefficient (Wildman–Crippen LogP) is 4.22. The lowest BCUT2D eigenvalue weighted by Gasteiger charge is -2.17. The molecule has 0 spiro atoms. The van der Waals surface area contributed by atoms with Crippen molar-refractivity contribution >= 4 is 17.1 Å². The van der Waals surface area contributed by atoms with Crippen LogP contribution < -0.4 is 10.9 Å². The Kier molecular flexibility index (Phi) is 6.76. The maximum Gasteiger partial charge on any atom is 0.254 e. The molecule has 1 amide bonds. The van der Waals surface area contributed by atoms with E-state index in [1.807, 2.05) is 56.3 Å². The molecule has 0 aliphatic heterocycles. The number of hydrogen-bond acceptors (Lipinski definition) is 7. The van der Waals surface area contributed by atoms with E-state index in [-0.39, 0.29) is 23.3 Å². The van der Waals surface area contributed by atoms with Crippen molar-refractivity contribution in [2.24, 2.45) is 0 Å². The molecule has 4 heterocycles. The minimum absolute atomic E-state index is 0.0994. The van der Waals surface area contributed by atoms with Gasteiger partial charge in [-0.1, -0.05) is 36.4 Å². The van der Waals surface area contributed by atoms with Crippen LogP contribution in [0.4, 0.5) is 0 Å². The molecule has 0 unspecified atom stereocenters. The summed E-state index contributed by atoms with van der Waals surface area (Å²) in [6, 6.07) is 19.9. The van der Waals surface area contributed by atoms with Gasteiger partial charge in [-0.15, -0.1) is 0 Å². The van der Waals surface area contributed by atoms with E-state index in [1.54, 1.807) is 32.0 Å². The number of amides is 1. The van der Waals surface area contributed by atoms with Crippen LogP contribution in [0.25, 0.3) is 33.7 Å². The number of carbonyl (C=O) groups excluding carboxylic acids is 1. The number of hydrogen-bond donors (Lipinski definition) is 3. The molecule has 9 nitrogen and oxygen atoms in total. The first-order chi connectivity index (χ1) is 18.6. The summed E-state index contributed by atoms with van der Waals surface area (Å²) < 4.78 is 0. The lowest BCUT2D eigenvalue weighted by Crippen LogP contribution is -2.26. The number of aryl methyl sites for hydroxylation is 2. The number of aromatic amines is 1. The molecule has 0 saturated carbocycles. The van der Waals surface area contributed by atoms with Gasteiger partial charge in [0, 0.05) is 28.6 Å². The number of rotatable bonds is 6. The van der Waals surface area contributed by atoms with Crippen molar-refractivity contribution in [3.8, 4) is 22.5 Å². The van der Waals surface area contributed by atoms with Gasteiger partial charge in [-0.2, -0.15) is 0 Å². The standard InChI is InChI=1S/C30H28N6O3/c1-17-13-20(14-18(2)32-17)26-25(19-9-6-5-7-10-19)36-28-27(35-26)22(15-24(37)34-28)29(38)31-16-21-11-8-12-23(33-21)30(3,4)39/h5-15,39H,16H2,1-4H3,(H,31,38)(H,34,36,37). The average molecular weight is 521 g/mol. The summed E-state index contributed by atoms with van der Waals surface area (Å²) in [7, 11) is 0. The fourth-order valence-corrected chi connectivity index (χ4v) is 4.39. The van der Waals surface area contributed by atoms with E-state index in [4.69, 9.17) is 9.97 Å². The van der Waals surface area contributed by atoms with E-state index >= 15 is 0 Å². The van der Waals surface area contributed by atoms with E-state index < -0.39 is 17.1 Å².